The first-order valence-corrected chi connectivity index (χ1v) is 11.9. The van der Waals surface area contributed by atoms with Crippen LogP contribution in [0, 0.1) is 0 Å². The van der Waals surface area contributed by atoms with E-state index >= 15 is 0 Å². The number of piperidine rings is 1. The van der Waals surface area contributed by atoms with Crippen LogP contribution < -0.4 is 10.1 Å². The van der Waals surface area contributed by atoms with Crippen LogP contribution in [-0.2, 0) is 23.2 Å². The normalized spacial score (nSPS) is 14.8. The summed E-state index contributed by atoms with van der Waals surface area (Å²) in [6.07, 6.45) is 7.88. The molecule has 0 radical (unpaired) electrons. The molecule has 31 heavy (non-hydrogen) atoms. The molecule has 8 heteroatoms. The highest BCUT2D eigenvalue weighted by molar-refractivity contribution is 7.89. The number of rotatable bonds is 8. The highest BCUT2D eigenvalue weighted by Gasteiger charge is 2.26. The minimum absolute atomic E-state index is 0.245. The Labute approximate surface area is 183 Å². The van der Waals surface area contributed by atoms with E-state index in [4.69, 9.17) is 4.74 Å². The first kappa shape index (κ1) is 21.3. The van der Waals surface area contributed by atoms with Gasteiger partial charge in [0.15, 0.2) is 0 Å². The molecule has 0 unspecified atom stereocenters. The van der Waals surface area contributed by atoms with Crippen LogP contribution in [0.15, 0.2) is 72.0 Å². The summed E-state index contributed by atoms with van der Waals surface area (Å²) in [6, 6.07) is 15.0. The first-order valence-electron chi connectivity index (χ1n) is 10.4. The standard InChI is InChI=1S/C23H26N4O3S/c28-31(29,27-13-2-1-3-14-27)22-10-11-23(26-17-22)25-16-19-6-8-21(9-7-19)30-18-20-5-4-12-24-15-20/h4-12,15,17H,1-3,13-14,16,18H2,(H,25,26). The highest BCUT2D eigenvalue weighted by atomic mass is 32.2. The third-order valence-electron chi connectivity index (χ3n) is 5.21. The minimum atomic E-state index is -3.45. The van der Waals surface area contributed by atoms with Crippen LogP contribution in [0.4, 0.5) is 5.82 Å². The van der Waals surface area contributed by atoms with Crippen molar-refractivity contribution in [1.82, 2.24) is 14.3 Å². The van der Waals surface area contributed by atoms with Gasteiger partial charge in [0.05, 0.1) is 0 Å². The van der Waals surface area contributed by atoms with Crippen molar-refractivity contribution < 1.29 is 13.2 Å². The molecule has 4 rings (SSSR count). The Morgan fingerprint density at radius 1 is 0.935 bits per heavy atom. The second-order valence-electron chi connectivity index (χ2n) is 7.49. The third kappa shape index (κ3) is 5.59. The second kappa shape index (κ2) is 9.89. The van der Waals surface area contributed by atoms with E-state index in [-0.39, 0.29) is 4.90 Å². The van der Waals surface area contributed by atoms with E-state index in [2.05, 4.69) is 15.3 Å². The fourth-order valence-corrected chi connectivity index (χ4v) is 4.90. The highest BCUT2D eigenvalue weighted by Crippen LogP contribution is 2.21. The number of pyridine rings is 2. The summed E-state index contributed by atoms with van der Waals surface area (Å²) in [7, 11) is -3.45. The molecule has 0 atom stereocenters. The fourth-order valence-electron chi connectivity index (χ4n) is 3.44. The number of anilines is 1. The summed E-state index contributed by atoms with van der Waals surface area (Å²) in [5, 5.41) is 3.23. The molecule has 1 N–H and O–H groups in total. The van der Waals surface area contributed by atoms with Gasteiger partial charge in [-0.3, -0.25) is 4.98 Å². The van der Waals surface area contributed by atoms with Crippen LogP contribution in [0.1, 0.15) is 30.4 Å². The number of sulfonamides is 1. The lowest BCUT2D eigenvalue weighted by Crippen LogP contribution is -2.35. The Kier molecular flexibility index (Phi) is 6.79. The number of benzene rings is 1. The largest absolute Gasteiger partial charge is 0.489 e. The minimum Gasteiger partial charge on any atom is -0.489 e. The van der Waals surface area contributed by atoms with Gasteiger partial charge in [0.2, 0.25) is 10.0 Å². The Bertz CT molecular complexity index is 1070. The Morgan fingerprint density at radius 2 is 1.74 bits per heavy atom. The maximum atomic E-state index is 12.7. The molecule has 0 bridgehead atoms. The Balaban J connectivity index is 1.30. The lowest BCUT2D eigenvalue weighted by atomic mass is 10.2. The van der Waals surface area contributed by atoms with Gasteiger partial charge in [-0.25, -0.2) is 13.4 Å². The van der Waals surface area contributed by atoms with Crippen molar-refractivity contribution in [3.05, 3.63) is 78.2 Å². The summed E-state index contributed by atoms with van der Waals surface area (Å²) < 4.78 is 32.7. The van der Waals surface area contributed by atoms with Gasteiger partial charge in [0.1, 0.15) is 23.1 Å². The zero-order valence-corrected chi connectivity index (χ0v) is 18.1. The van der Waals surface area contributed by atoms with Gasteiger partial charge >= 0.3 is 0 Å². The number of hydrogen-bond donors (Lipinski definition) is 1. The monoisotopic (exact) mass is 438 g/mol. The number of hydrogen-bond acceptors (Lipinski definition) is 6. The van der Waals surface area contributed by atoms with Crippen LogP contribution >= 0.6 is 0 Å². The smallest absolute Gasteiger partial charge is 0.244 e. The van der Waals surface area contributed by atoms with Crippen molar-refractivity contribution in [3.8, 4) is 5.75 Å². The fraction of sp³-hybridized carbons (Fsp3) is 0.304. The van der Waals surface area contributed by atoms with Crippen LogP contribution in [0.3, 0.4) is 0 Å². The van der Waals surface area contributed by atoms with E-state index in [1.807, 2.05) is 36.4 Å². The number of nitrogens with one attached hydrogen (secondary N) is 1. The van der Waals surface area contributed by atoms with Crippen molar-refractivity contribution in [2.75, 3.05) is 18.4 Å². The van der Waals surface area contributed by atoms with Gasteiger partial charge in [-0.15, -0.1) is 0 Å². The van der Waals surface area contributed by atoms with Crippen LogP contribution in [0.5, 0.6) is 5.75 Å². The molecule has 0 saturated carbocycles. The lowest BCUT2D eigenvalue weighted by Gasteiger charge is -2.25. The summed E-state index contributed by atoms with van der Waals surface area (Å²) in [6.45, 7) is 2.23. The summed E-state index contributed by atoms with van der Waals surface area (Å²) >= 11 is 0. The van der Waals surface area contributed by atoms with Crippen molar-refractivity contribution in [2.45, 2.75) is 37.3 Å². The predicted molar refractivity (Wildman–Crippen MR) is 119 cm³/mol. The molecule has 3 aromatic rings. The summed E-state index contributed by atoms with van der Waals surface area (Å²) in [4.78, 5) is 8.61. The molecule has 1 fully saturated rings. The van der Waals surface area contributed by atoms with E-state index in [9.17, 15) is 8.42 Å². The molecule has 1 aliphatic rings. The number of nitrogens with zero attached hydrogens (tertiary/aromatic N) is 3. The molecule has 3 heterocycles. The first-order chi connectivity index (χ1) is 15.1. The van der Waals surface area contributed by atoms with Crippen molar-refractivity contribution in [2.24, 2.45) is 0 Å². The van der Waals surface area contributed by atoms with Crippen LogP contribution in [0.25, 0.3) is 0 Å². The molecule has 0 spiro atoms. The third-order valence-corrected chi connectivity index (χ3v) is 7.10. The lowest BCUT2D eigenvalue weighted by molar-refractivity contribution is 0.305. The van der Waals surface area contributed by atoms with Crippen molar-refractivity contribution in [1.29, 1.82) is 0 Å². The molecule has 1 aliphatic heterocycles. The Hall–Kier alpha value is -2.97. The summed E-state index contributed by atoms with van der Waals surface area (Å²) in [5.74, 6) is 1.42. The van der Waals surface area contributed by atoms with E-state index in [0.29, 0.717) is 32.1 Å². The van der Waals surface area contributed by atoms with Crippen LogP contribution in [-0.4, -0.2) is 35.8 Å². The molecule has 162 valence electrons. The molecular weight excluding hydrogens is 412 g/mol. The maximum Gasteiger partial charge on any atom is 0.244 e. The maximum absolute atomic E-state index is 12.7. The summed E-state index contributed by atoms with van der Waals surface area (Å²) in [5.41, 5.74) is 2.09. The quantitative estimate of drug-likeness (QED) is 0.575. The number of ether oxygens (including phenoxy) is 1. The predicted octanol–water partition coefficient (Wildman–Crippen LogP) is 3.84. The Morgan fingerprint density at radius 3 is 2.42 bits per heavy atom. The van der Waals surface area contributed by atoms with Gasteiger partial charge < -0.3 is 10.1 Å². The van der Waals surface area contributed by atoms with E-state index in [1.54, 1.807) is 28.8 Å². The number of aromatic nitrogens is 2. The van der Waals surface area contributed by atoms with Crippen molar-refractivity contribution >= 4 is 15.8 Å². The van der Waals surface area contributed by atoms with Crippen LogP contribution in [0.2, 0.25) is 0 Å². The average Bonchev–Trinajstić information content (AvgIpc) is 2.83. The zero-order chi connectivity index (χ0) is 21.5. The van der Waals surface area contributed by atoms with Crippen molar-refractivity contribution in [3.63, 3.8) is 0 Å². The van der Waals surface area contributed by atoms with Gasteiger partial charge in [0, 0.05) is 43.8 Å². The average molecular weight is 439 g/mol. The van der Waals surface area contributed by atoms with Gasteiger partial charge in [-0.05, 0) is 48.7 Å². The molecular formula is C23H26N4O3S. The molecule has 1 aromatic carbocycles. The zero-order valence-electron chi connectivity index (χ0n) is 17.3. The van der Waals surface area contributed by atoms with E-state index in [1.165, 1.54) is 6.20 Å². The SMILES string of the molecule is O=S(=O)(c1ccc(NCc2ccc(OCc3cccnc3)cc2)nc1)N1CCCCC1. The topological polar surface area (TPSA) is 84.4 Å². The molecule has 7 nitrogen and oxygen atoms in total. The van der Waals surface area contributed by atoms with Gasteiger partial charge in [-0.2, -0.15) is 4.31 Å². The van der Waals surface area contributed by atoms with Gasteiger partial charge in [0.25, 0.3) is 0 Å². The van der Waals surface area contributed by atoms with Gasteiger partial charge in [-0.1, -0.05) is 24.6 Å². The molecule has 1 saturated heterocycles. The second-order valence-corrected chi connectivity index (χ2v) is 9.43. The molecule has 0 amide bonds. The molecule has 2 aromatic heterocycles. The van der Waals surface area contributed by atoms with E-state index in [0.717, 1.165) is 36.1 Å². The van der Waals surface area contributed by atoms with E-state index < -0.39 is 10.0 Å². The molecule has 0 aliphatic carbocycles.